The summed E-state index contributed by atoms with van der Waals surface area (Å²) in [5.41, 5.74) is 0. The first-order valence-corrected chi connectivity index (χ1v) is 27.8. The number of allylic oxidation sites excluding steroid dienone is 9. The van der Waals surface area contributed by atoms with Gasteiger partial charge < -0.3 is 59.9 Å². The van der Waals surface area contributed by atoms with E-state index in [2.05, 4.69) is 23.6 Å². The average molecular weight is 1040 g/mol. The Morgan fingerprint density at radius 1 is 0.571 bits per heavy atom. The highest BCUT2D eigenvalue weighted by Gasteiger charge is 2.54. The molecule has 5 unspecified atom stereocenters. The number of rotatable bonds is 40. The molecule has 1 rings (SSSR count). The lowest BCUT2D eigenvalue weighted by Crippen LogP contribution is -2.64. The summed E-state index contributed by atoms with van der Waals surface area (Å²) in [7, 11) is -10.8. The van der Waals surface area contributed by atoms with Gasteiger partial charge in [0.25, 0.3) is 0 Å². The van der Waals surface area contributed by atoms with Gasteiger partial charge >= 0.3 is 27.6 Å². The van der Waals surface area contributed by atoms with Gasteiger partial charge in [0, 0.05) is 12.8 Å². The normalized spacial score (nSPS) is 23.0. The summed E-state index contributed by atoms with van der Waals surface area (Å²) >= 11 is 0. The van der Waals surface area contributed by atoms with Crippen molar-refractivity contribution in [3.05, 3.63) is 72.9 Å². The molecule has 0 aromatic heterocycles. The Labute approximate surface area is 414 Å². The van der Waals surface area contributed by atoms with Crippen LogP contribution in [0, 0.1) is 0 Å². The van der Waals surface area contributed by atoms with Crippen molar-refractivity contribution in [2.45, 2.75) is 210 Å². The highest BCUT2D eigenvalue weighted by molar-refractivity contribution is 7.47. The fourth-order valence-corrected chi connectivity index (χ4v) is 8.67. The van der Waals surface area contributed by atoms with Crippen LogP contribution in [0.2, 0.25) is 0 Å². The lowest BCUT2D eigenvalue weighted by atomic mass is 9.85. The number of phosphoric ester groups is 2. The third kappa shape index (κ3) is 32.4. The number of carbonyl (C=O) groups excluding carboxylic acids is 2. The first-order chi connectivity index (χ1) is 33.3. The summed E-state index contributed by atoms with van der Waals surface area (Å²) in [6.45, 7) is 2.62. The summed E-state index contributed by atoms with van der Waals surface area (Å²) in [4.78, 5) is 54.4. The second kappa shape index (κ2) is 38.9. The molecule has 1 saturated carbocycles. The number of unbranched alkanes of at least 4 members (excludes halogenated alkanes) is 13. The van der Waals surface area contributed by atoms with Crippen LogP contribution in [0.3, 0.4) is 0 Å². The summed E-state index contributed by atoms with van der Waals surface area (Å²) < 4.78 is 49.2. The molecular formula is C49H84O19P2. The Morgan fingerprint density at radius 3 is 1.69 bits per heavy atom. The Bertz CT molecular complexity index is 1680. The van der Waals surface area contributed by atoms with E-state index in [1.165, 1.54) is 50.7 Å². The van der Waals surface area contributed by atoms with Crippen molar-refractivity contribution in [2.24, 2.45) is 0 Å². The van der Waals surface area contributed by atoms with Gasteiger partial charge in [0.1, 0.15) is 43.2 Å². The van der Waals surface area contributed by atoms with Gasteiger partial charge in [-0.25, -0.2) is 9.13 Å². The number of carbonyl (C=O) groups is 2. The first-order valence-electron chi connectivity index (χ1n) is 24.8. The molecule has 0 heterocycles. The molecule has 1 aliphatic carbocycles. The van der Waals surface area contributed by atoms with Crippen LogP contribution in [0.15, 0.2) is 72.9 Å². The van der Waals surface area contributed by atoms with E-state index >= 15 is 0 Å². The SMILES string of the molecule is CC/C=C\C[C@@H](O)/C=C/C=C/C=C\C=C/[C@H](O)[C@@H](O)CCCC(=O)OC[C@H](COP(=O)(O)O[C@H]1C(O)C(O)C(O)[C@@H](OP(=O)(O)O)C1O)OC(=O)CCCCCCCCC/C=C\CCCCCCCC. The molecule has 0 aliphatic heterocycles. The molecule has 70 heavy (non-hydrogen) atoms. The maximum absolute atomic E-state index is 13.0. The van der Waals surface area contributed by atoms with Crippen LogP contribution < -0.4 is 0 Å². The molecule has 19 nitrogen and oxygen atoms in total. The first kappa shape index (κ1) is 65.3. The molecule has 10 N–H and O–H groups in total. The smallest absolute Gasteiger partial charge is 0.462 e. The van der Waals surface area contributed by atoms with E-state index in [-0.39, 0.29) is 25.7 Å². The van der Waals surface area contributed by atoms with Gasteiger partial charge in [-0.15, -0.1) is 0 Å². The van der Waals surface area contributed by atoms with Crippen molar-refractivity contribution in [3.63, 3.8) is 0 Å². The Hall–Kier alpha value is -2.68. The predicted molar refractivity (Wildman–Crippen MR) is 264 cm³/mol. The summed E-state index contributed by atoms with van der Waals surface area (Å²) in [5.74, 6) is -1.55. The largest absolute Gasteiger partial charge is 0.472 e. The number of phosphoric acid groups is 2. The standard InChI is InChI=1S/C49H84O19P2/c1-3-5-7-8-9-10-11-12-13-14-15-16-17-18-19-24-28-34-43(54)66-39(37-65-70(62,63)68-49-46(57)44(55)45(56)48(47(49)58)67-69(59,60)61)36-64-42(53)35-29-33-41(52)40(51)32-27-23-21-20-22-26-31-38(50)30-25-6-4-2/h6,12-13,20-23,25-27,31-32,38-41,44-52,55-58H,3-5,7-11,14-19,24,28-30,33-37H2,1-2H3,(H,62,63)(H2,59,60,61)/b13-12-,22-20+,23-21-,25-6-,31-26+,32-27-/t38-,39-,40+,41+,44?,45?,46?,47?,48-,49+/m1/s1. The second-order valence-electron chi connectivity index (χ2n) is 17.4. The maximum atomic E-state index is 13.0. The lowest BCUT2D eigenvalue weighted by molar-refractivity contribution is -0.216. The zero-order valence-corrected chi connectivity index (χ0v) is 42.8. The minimum atomic E-state index is -5.41. The van der Waals surface area contributed by atoms with E-state index in [0.717, 1.165) is 57.8 Å². The highest BCUT2D eigenvalue weighted by Crippen LogP contribution is 2.49. The number of aliphatic hydroxyl groups excluding tert-OH is 7. The number of aliphatic hydroxyl groups is 7. The molecule has 1 aliphatic rings. The van der Waals surface area contributed by atoms with E-state index in [1.807, 2.05) is 19.1 Å². The molecule has 11 atom stereocenters. The number of esters is 2. The molecule has 0 saturated heterocycles. The van der Waals surface area contributed by atoms with Crippen molar-refractivity contribution in [1.82, 2.24) is 0 Å². The lowest BCUT2D eigenvalue weighted by Gasteiger charge is -2.43. The van der Waals surface area contributed by atoms with Crippen LogP contribution in [-0.4, -0.2) is 137 Å². The molecule has 0 spiro atoms. The molecule has 21 heteroatoms. The second-order valence-corrected chi connectivity index (χ2v) is 20.0. The van der Waals surface area contributed by atoms with Gasteiger partial charge in [-0.2, -0.15) is 0 Å². The third-order valence-corrected chi connectivity index (χ3v) is 12.6. The minimum absolute atomic E-state index is 0.00129. The average Bonchev–Trinajstić information content (AvgIpc) is 3.31. The van der Waals surface area contributed by atoms with Gasteiger partial charge in [0.2, 0.25) is 0 Å². The topological polar surface area (TPSA) is 317 Å². The Morgan fingerprint density at radius 2 is 1.10 bits per heavy atom. The monoisotopic (exact) mass is 1040 g/mol. The van der Waals surface area contributed by atoms with Crippen LogP contribution in [0.4, 0.5) is 0 Å². The molecular weight excluding hydrogens is 954 g/mol. The van der Waals surface area contributed by atoms with E-state index in [9.17, 15) is 69.1 Å². The molecule has 0 radical (unpaired) electrons. The van der Waals surface area contributed by atoms with E-state index < -0.39 is 102 Å². The molecule has 0 amide bonds. The van der Waals surface area contributed by atoms with E-state index in [4.69, 9.17) is 18.5 Å². The molecule has 0 bridgehead atoms. The fourth-order valence-electron chi connectivity index (χ4n) is 7.13. The van der Waals surface area contributed by atoms with Crippen LogP contribution in [0.1, 0.15) is 149 Å². The molecule has 0 aromatic carbocycles. The van der Waals surface area contributed by atoms with Gasteiger partial charge in [0.15, 0.2) is 6.10 Å². The zero-order chi connectivity index (χ0) is 52.2. The van der Waals surface area contributed by atoms with Gasteiger partial charge in [-0.3, -0.25) is 23.2 Å². The van der Waals surface area contributed by atoms with Crippen molar-refractivity contribution in [2.75, 3.05) is 13.2 Å². The van der Waals surface area contributed by atoms with Crippen LogP contribution in [0.25, 0.3) is 0 Å². The van der Waals surface area contributed by atoms with E-state index in [0.29, 0.717) is 12.8 Å². The van der Waals surface area contributed by atoms with Crippen molar-refractivity contribution >= 4 is 27.6 Å². The molecule has 404 valence electrons. The van der Waals surface area contributed by atoms with E-state index in [1.54, 1.807) is 36.5 Å². The number of ether oxygens (including phenoxy) is 2. The number of hydrogen-bond donors (Lipinski definition) is 10. The molecule has 0 aromatic rings. The predicted octanol–water partition coefficient (Wildman–Crippen LogP) is 6.53. The van der Waals surface area contributed by atoms with Gasteiger partial charge in [-0.1, -0.05) is 151 Å². The third-order valence-electron chi connectivity index (χ3n) is 11.1. The Balaban J connectivity index is 2.71. The molecule has 1 fully saturated rings. The van der Waals surface area contributed by atoms with Crippen LogP contribution >= 0.6 is 15.6 Å². The van der Waals surface area contributed by atoms with Gasteiger partial charge in [-0.05, 0) is 57.8 Å². The summed E-state index contributed by atoms with van der Waals surface area (Å²) in [6, 6.07) is 0. The number of hydrogen-bond acceptors (Lipinski definition) is 16. The van der Waals surface area contributed by atoms with Crippen LogP contribution in [-0.2, 0) is 41.8 Å². The fraction of sp³-hybridized carbons (Fsp3) is 0.714. The summed E-state index contributed by atoms with van der Waals surface area (Å²) in [5, 5.41) is 71.8. The van der Waals surface area contributed by atoms with Crippen molar-refractivity contribution in [3.8, 4) is 0 Å². The quantitative estimate of drug-likeness (QED) is 0.0102. The zero-order valence-electron chi connectivity index (χ0n) is 41.0. The minimum Gasteiger partial charge on any atom is -0.462 e. The maximum Gasteiger partial charge on any atom is 0.472 e. The Kier molecular flexibility index (Phi) is 36.3. The highest BCUT2D eigenvalue weighted by atomic mass is 31.2. The van der Waals surface area contributed by atoms with Crippen LogP contribution in [0.5, 0.6) is 0 Å². The van der Waals surface area contributed by atoms with Crippen molar-refractivity contribution < 1.29 is 92.2 Å². The summed E-state index contributed by atoms with van der Waals surface area (Å²) in [6.07, 6.45) is 20.6. The van der Waals surface area contributed by atoms with Crippen molar-refractivity contribution in [1.29, 1.82) is 0 Å². The van der Waals surface area contributed by atoms with Gasteiger partial charge in [0.05, 0.1) is 24.9 Å².